The average molecular weight is 310 g/mol. The largest absolute Gasteiger partial charge is 0.320 e. The van der Waals surface area contributed by atoms with Gasteiger partial charge in [0.05, 0.1) is 6.04 Å². The Balaban J connectivity index is 2.10. The van der Waals surface area contributed by atoms with Crippen LogP contribution in [0.3, 0.4) is 0 Å². The van der Waals surface area contributed by atoms with Crippen LogP contribution in [0.1, 0.15) is 59.3 Å². The van der Waals surface area contributed by atoms with Crippen LogP contribution in [-0.2, 0) is 19.4 Å². The molecule has 1 aliphatic carbocycles. The van der Waals surface area contributed by atoms with Crippen molar-refractivity contribution in [3.63, 3.8) is 0 Å². The Morgan fingerprint density at radius 2 is 1.96 bits per heavy atom. The molecule has 1 aromatic carbocycles. The molecule has 2 aromatic rings. The summed E-state index contributed by atoms with van der Waals surface area (Å²) in [6.45, 7) is 7.08. The minimum absolute atomic E-state index is 0.0956. The molecule has 1 atom stereocenters. The maximum Gasteiger partial charge on any atom is 0.255 e. The highest BCUT2D eigenvalue weighted by molar-refractivity contribution is 5.39. The number of aromatic nitrogens is 1. The molecule has 1 aliphatic rings. The second-order valence-electron chi connectivity index (χ2n) is 6.70. The number of nitrogens with two attached hydrogens (primary N) is 1. The van der Waals surface area contributed by atoms with Crippen LogP contribution in [0.15, 0.2) is 29.1 Å². The van der Waals surface area contributed by atoms with Crippen molar-refractivity contribution in [1.29, 1.82) is 0 Å². The van der Waals surface area contributed by atoms with Gasteiger partial charge in [-0.15, -0.1) is 0 Å². The van der Waals surface area contributed by atoms with E-state index in [0.29, 0.717) is 0 Å². The molecule has 122 valence electrons. The van der Waals surface area contributed by atoms with Crippen molar-refractivity contribution in [2.24, 2.45) is 5.73 Å². The van der Waals surface area contributed by atoms with E-state index in [1.54, 1.807) is 0 Å². The summed E-state index contributed by atoms with van der Waals surface area (Å²) in [4.78, 5) is 13.0. The van der Waals surface area contributed by atoms with Crippen LogP contribution in [-0.4, -0.2) is 4.57 Å². The fourth-order valence-electron chi connectivity index (χ4n) is 3.56. The van der Waals surface area contributed by atoms with Crippen LogP contribution in [0.5, 0.6) is 0 Å². The second-order valence-corrected chi connectivity index (χ2v) is 6.70. The number of rotatable bonds is 4. The van der Waals surface area contributed by atoms with Crippen LogP contribution < -0.4 is 11.3 Å². The van der Waals surface area contributed by atoms with Crippen LogP contribution in [0, 0.1) is 13.8 Å². The van der Waals surface area contributed by atoms with E-state index in [9.17, 15) is 4.79 Å². The Morgan fingerprint density at radius 1 is 1.17 bits per heavy atom. The lowest BCUT2D eigenvalue weighted by atomic mass is 9.96. The third kappa shape index (κ3) is 2.86. The van der Waals surface area contributed by atoms with Gasteiger partial charge in [0.15, 0.2) is 0 Å². The van der Waals surface area contributed by atoms with Gasteiger partial charge in [-0.3, -0.25) is 4.79 Å². The SMILES string of the molecule is CCCn1c2c(cc(C(N)c3ccc(C)c(C)c3)c1=O)CCC2. The first-order chi connectivity index (χ1) is 11.0. The normalized spacial score (nSPS) is 14.8. The van der Waals surface area contributed by atoms with Gasteiger partial charge in [-0.1, -0.05) is 25.1 Å². The summed E-state index contributed by atoms with van der Waals surface area (Å²) in [6, 6.07) is 7.95. The molecule has 1 heterocycles. The molecule has 23 heavy (non-hydrogen) atoms. The second kappa shape index (κ2) is 6.32. The van der Waals surface area contributed by atoms with Crippen molar-refractivity contribution in [3.05, 3.63) is 68.1 Å². The van der Waals surface area contributed by atoms with E-state index in [1.165, 1.54) is 22.4 Å². The topological polar surface area (TPSA) is 48.0 Å². The Labute approximate surface area is 138 Å². The van der Waals surface area contributed by atoms with Gasteiger partial charge in [-0.25, -0.2) is 0 Å². The molecular weight excluding hydrogens is 284 g/mol. The third-order valence-corrected chi connectivity index (χ3v) is 5.05. The number of benzene rings is 1. The zero-order valence-electron chi connectivity index (χ0n) is 14.4. The van der Waals surface area contributed by atoms with E-state index in [2.05, 4.69) is 39.0 Å². The van der Waals surface area contributed by atoms with Crippen LogP contribution in [0.25, 0.3) is 0 Å². The van der Waals surface area contributed by atoms with E-state index in [1.807, 2.05) is 10.6 Å². The van der Waals surface area contributed by atoms with Crippen molar-refractivity contribution in [2.75, 3.05) is 0 Å². The van der Waals surface area contributed by atoms with E-state index < -0.39 is 0 Å². The Hall–Kier alpha value is -1.87. The predicted octanol–water partition coefficient (Wildman–Crippen LogP) is 3.41. The highest BCUT2D eigenvalue weighted by atomic mass is 16.1. The summed E-state index contributed by atoms with van der Waals surface area (Å²) in [5.41, 5.74) is 13.3. The number of hydrogen-bond donors (Lipinski definition) is 1. The van der Waals surface area contributed by atoms with Gasteiger partial charge in [0, 0.05) is 17.8 Å². The highest BCUT2D eigenvalue weighted by Crippen LogP contribution is 2.26. The molecule has 3 heteroatoms. The molecule has 0 fully saturated rings. The smallest absolute Gasteiger partial charge is 0.255 e. The Kier molecular flexibility index (Phi) is 4.40. The molecule has 1 aromatic heterocycles. The summed E-state index contributed by atoms with van der Waals surface area (Å²) >= 11 is 0. The lowest BCUT2D eigenvalue weighted by Crippen LogP contribution is -2.31. The zero-order valence-corrected chi connectivity index (χ0v) is 14.4. The summed E-state index contributed by atoms with van der Waals surface area (Å²) in [7, 11) is 0. The Bertz CT molecular complexity index is 789. The number of nitrogens with zero attached hydrogens (tertiary/aromatic N) is 1. The van der Waals surface area contributed by atoms with E-state index >= 15 is 0 Å². The summed E-state index contributed by atoms with van der Waals surface area (Å²) in [5, 5.41) is 0. The maximum absolute atomic E-state index is 13.0. The molecule has 0 saturated heterocycles. The average Bonchev–Trinajstić information content (AvgIpc) is 3.00. The first-order valence-electron chi connectivity index (χ1n) is 8.61. The molecule has 3 nitrogen and oxygen atoms in total. The standard InChI is InChI=1S/C20H26N2O/c1-4-10-22-18-7-5-6-15(18)12-17(20(22)23)19(21)16-9-8-13(2)14(3)11-16/h8-9,11-12,19H,4-7,10,21H2,1-3H3. The molecule has 0 amide bonds. The van der Waals surface area contributed by atoms with Crippen molar-refractivity contribution in [1.82, 2.24) is 4.57 Å². The predicted molar refractivity (Wildman–Crippen MR) is 95.0 cm³/mol. The lowest BCUT2D eigenvalue weighted by Gasteiger charge is -2.18. The number of hydrogen-bond acceptors (Lipinski definition) is 2. The van der Waals surface area contributed by atoms with Gasteiger partial charge < -0.3 is 10.3 Å². The minimum Gasteiger partial charge on any atom is -0.320 e. The zero-order chi connectivity index (χ0) is 16.6. The lowest BCUT2D eigenvalue weighted by molar-refractivity contribution is 0.612. The molecule has 2 N–H and O–H groups in total. The molecule has 3 rings (SSSR count). The quantitative estimate of drug-likeness (QED) is 0.940. The summed E-state index contributed by atoms with van der Waals surface area (Å²) in [6.07, 6.45) is 4.19. The summed E-state index contributed by atoms with van der Waals surface area (Å²) in [5.74, 6) is 0. The van der Waals surface area contributed by atoms with E-state index in [4.69, 9.17) is 5.73 Å². The van der Waals surface area contributed by atoms with Crippen LogP contribution in [0.4, 0.5) is 0 Å². The number of aryl methyl sites for hydroxylation is 3. The molecule has 0 spiro atoms. The maximum atomic E-state index is 13.0. The molecule has 0 saturated carbocycles. The number of pyridine rings is 1. The van der Waals surface area contributed by atoms with Gasteiger partial charge in [-0.2, -0.15) is 0 Å². The van der Waals surface area contributed by atoms with E-state index in [0.717, 1.165) is 43.4 Å². The third-order valence-electron chi connectivity index (χ3n) is 5.05. The minimum atomic E-state index is -0.351. The molecule has 1 unspecified atom stereocenters. The summed E-state index contributed by atoms with van der Waals surface area (Å²) < 4.78 is 1.97. The monoisotopic (exact) mass is 310 g/mol. The van der Waals surface area contributed by atoms with Crippen LogP contribution in [0.2, 0.25) is 0 Å². The van der Waals surface area contributed by atoms with Gasteiger partial charge in [-0.05, 0) is 67.9 Å². The molecule has 0 bridgehead atoms. The van der Waals surface area contributed by atoms with E-state index in [-0.39, 0.29) is 11.6 Å². The first-order valence-corrected chi connectivity index (χ1v) is 8.61. The molecular formula is C20H26N2O. The van der Waals surface area contributed by atoms with Crippen LogP contribution >= 0.6 is 0 Å². The van der Waals surface area contributed by atoms with Gasteiger partial charge in [0.1, 0.15) is 0 Å². The van der Waals surface area contributed by atoms with Gasteiger partial charge in [0.25, 0.3) is 5.56 Å². The fourth-order valence-corrected chi connectivity index (χ4v) is 3.56. The fraction of sp³-hybridized carbons (Fsp3) is 0.450. The first kappa shape index (κ1) is 16.0. The highest BCUT2D eigenvalue weighted by Gasteiger charge is 2.22. The Morgan fingerprint density at radius 3 is 2.65 bits per heavy atom. The van der Waals surface area contributed by atoms with Crippen molar-refractivity contribution in [3.8, 4) is 0 Å². The van der Waals surface area contributed by atoms with Crippen molar-refractivity contribution in [2.45, 2.75) is 59.0 Å². The number of fused-ring (bicyclic) bond motifs is 1. The van der Waals surface area contributed by atoms with Gasteiger partial charge >= 0.3 is 0 Å². The van der Waals surface area contributed by atoms with Crippen molar-refractivity contribution < 1.29 is 0 Å². The molecule has 0 aliphatic heterocycles. The molecule has 0 radical (unpaired) electrons. The van der Waals surface area contributed by atoms with Crippen molar-refractivity contribution >= 4 is 0 Å². The van der Waals surface area contributed by atoms with Gasteiger partial charge in [0.2, 0.25) is 0 Å².